The van der Waals surface area contributed by atoms with Crippen molar-refractivity contribution in [2.45, 2.75) is 0 Å². The van der Waals surface area contributed by atoms with Crippen molar-refractivity contribution in [1.29, 1.82) is 0 Å². The van der Waals surface area contributed by atoms with Gasteiger partial charge < -0.3 is 23.7 Å². The Balaban J connectivity index is 1.83. The minimum Gasteiger partial charge on any atom is -0.493 e. The second-order valence-corrected chi connectivity index (χ2v) is 6.39. The SMILES string of the molecule is COc1ccc(C(=O)/C=C/c2cc(-c3cc(OC)c(OC)c(OC)c3)n[nH]2)cc1OC. The van der Waals surface area contributed by atoms with Crippen molar-refractivity contribution in [1.82, 2.24) is 10.2 Å². The van der Waals surface area contributed by atoms with E-state index >= 15 is 0 Å². The van der Waals surface area contributed by atoms with Crippen molar-refractivity contribution < 1.29 is 28.5 Å². The van der Waals surface area contributed by atoms with Gasteiger partial charge in [0.2, 0.25) is 5.75 Å². The Morgan fingerprint density at radius 3 is 2.03 bits per heavy atom. The molecule has 2 aromatic carbocycles. The number of methoxy groups -OCH3 is 5. The summed E-state index contributed by atoms with van der Waals surface area (Å²) in [6, 6.07) is 10.4. The van der Waals surface area contributed by atoms with Crippen LogP contribution in [0.2, 0.25) is 0 Å². The molecule has 0 aliphatic rings. The third-order valence-corrected chi connectivity index (χ3v) is 4.64. The zero-order valence-electron chi connectivity index (χ0n) is 18.0. The number of ether oxygens (including phenoxy) is 5. The molecule has 0 spiro atoms. The number of carbonyl (C=O) groups excluding carboxylic acids is 1. The van der Waals surface area contributed by atoms with Gasteiger partial charge in [-0.25, -0.2) is 0 Å². The highest BCUT2D eigenvalue weighted by molar-refractivity contribution is 6.07. The van der Waals surface area contributed by atoms with Crippen LogP contribution in [0, 0.1) is 0 Å². The van der Waals surface area contributed by atoms with Gasteiger partial charge >= 0.3 is 0 Å². The van der Waals surface area contributed by atoms with Crippen LogP contribution in [0.4, 0.5) is 0 Å². The molecule has 0 unspecified atom stereocenters. The zero-order chi connectivity index (χ0) is 22.4. The molecule has 0 atom stereocenters. The minimum absolute atomic E-state index is 0.176. The molecule has 0 radical (unpaired) electrons. The number of ketones is 1. The summed E-state index contributed by atoms with van der Waals surface area (Å²) in [7, 11) is 7.73. The van der Waals surface area contributed by atoms with Crippen molar-refractivity contribution in [3.05, 3.63) is 53.7 Å². The Bertz CT molecular complexity index is 1080. The third kappa shape index (κ3) is 4.63. The number of H-pyrrole nitrogens is 1. The fourth-order valence-electron chi connectivity index (χ4n) is 3.05. The average molecular weight is 424 g/mol. The van der Waals surface area contributed by atoms with Crippen LogP contribution in [0.3, 0.4) is 0 Å². The van der Waals surface area contributed by atoms with Crippen LogP contribution in [0.1, 0.15) is 16.1 Å². The van der Waals surface area contributed by atoms with Crippen LogP contribution >= 0.6 is 0 Å². The molecular formula is C23H24N2O6. The molecule has 0 fully saturated rings. The van der Waals surface area contributed by atoms with Crippen LogP contribution in [-0.2, 0) is 0 Å². The van der Waals surface area contributed by atoms with Crippen molar-refractivity contribution in [3.8, 4) is 40.0 Å². The van der Waals surface area contributed by atoms with E-state index in [2.05, 4.69) is 10.2 Å². The molecule has 0 amide bonds. The normalized spacial score (nSPS) is 10.7. The van der Waals surface area contributed by atoms with Crippen LogP contribution in [0.5, 0.6) is 28.7 Å². The summed E-state index contributed by atoms with van der Waals surface area (Å²) in [5, 5.41) is 7.23. The minimum atomic E-state index is -0.176. The van der Waals surface area contributed by atoms with Crippen molar-refractivity contribution >= 4 is 11.9 Å². The number of hydrogen-bond acceptors (Lipinski definition) is 7. The van der Waals surface area contributed by atoms with Gasteiger partial charge in [0.25, 0.3) is 0 Å². The molecule has 0 aliphatic carbocycles. The number of aromatic amines is 1. The van der Waals surface area contributed by atoms with Crippen molar-refractivity contribution in [2.24, 2.45) is 0 Å². The summed E-state index contributed by atoms with van der Waals surface area (Å²) >= 11 is 0. The lowest BCUT2D eigenvalue weighted by molar-refractivity contribution is 0.104. The van der Waals surface area contributed by atoms with Crippen molar-refractivity contribution in [2.75, 3.05) is 35.5 Å². The second kappa shape index (κ2) is 9.71. The molecule has 0 aliphatic heterocycles. The summed E-state index contributed by atoms with van der Waals surface area (Å²) < 4.78 is 26.6. The number of nitrogens with zero attached hydrogens (tertiary/aromatic N) is 1. The van der Waals surface area contributed by atoms with Gasteiger partial charge in [0, 0.05) is 11.1 Å². The number of aromatic nitrogens is 2. The van der Waals surface area contributed by atoms with E-state index in [0.717, 1.165) is 5.56 Å². The van der Waals surface area contributed by atoms with E-state index in [1.165, 1.54) is 13.2 Å². The van der Waals surface area contributed by atoms with Gasteiger partial charge in [-0.1, -0.05) is 0 Å². The molecule has 1 heterocycles. The molecule has 8 heteroatoms. The van der Waals surface area contributed by atoms with Gasteiger partial charge in [-0.05, 0) is 48.6 Å². The largest absolute Gasteiger partial charge is 0.493 e. The molecule has 0 saturated heterocycles. The fourth-order valence-corrected chi connectivity index (χ4v) is 3.05. The van der Waals surface area contributed by atoms with E-state index in [4.69, 9.17) is 23.7 Å². The predicted octanol–water partition coefficient (Wildman–Crippen LogP) is 4.02. The Kier molecular flexibility index (Phi) is 6.81. The third-order valence-electron chi connectivity index (χ3n) is 4.64. The molecule has 0 saturated carbocycles. The molecule has 0 bridgehead atoms. The number of rotatable bonds is 9. The molecular weight excluding hydrogens is 400 g/mol. The summed E-state index contributed by atoms with van der Waals surface area (Å²) in [6.07, 6.45) is 3.13. The van der Waals surface area contributed by atoms with E-state index in [1.807, 2.05) is 6.07 Å². The quantitative estimate of drug-likeness (QED) is 0.410. The smallest absolute Gasteiger partial charge is 0.203 e. The molecule has 8 nitrogen and oxygen atoms in total. The number of allylic oxidation sites excluding steroid dienone is 1. The number of nitrogens with one attached hydrogen (secondary N) is 1. The van der Waals surface area contributed by atoms with E-state index in [-0.39, 0.29) is 5.78 Å². The first-order chi connectivity index (χ1) is 15.0. The highest BCUT2D eigenvalue weighted by atomic mass is 16.5. The van der Waals surface area contributed by atoms with Crippen LogP contribution in [-0.4, -0.2) is 51.5 Å². The van der Waals surface area contributed by atoms with Gasteiger partial charge in [-0.3, -0.25) is 9.89 Å². The zero-order valence-corrected chi connectivity index (χ0v) is 18.0. The van der Waals surface area contributed by atoms with E-state index in [0.29, 0.717) is 45.7 Å². The first kappa shape index (κ1) is 21.8. The first-order valence-corrected chi connectivity index (χ1v) is 9.34. The Hall–Kier alpha value is -3.94. The molecule has 3 rings (SSSR count). The van der Waals surface area contributed by atoms with Crippen molar-refractivity contribution in [3.63, 3.8) is 0 Å². The van der Waals surface area contributed by atoms with Gasteiger partial charge in [-0.15, -0.1) is 0 Å². The van der Waals surface area contributed by atoms with Gasteiger partial charge in [0.1, 0.15) is 0 Å². The van der Waals surface area contributed by atoms with E-state index in [9.17, 15) is 4.79 Å². The summed E-state index contributed by atoms with van der Waals surface area (Å²) in [5.74, 6) is 2.44. The molecule has 1 N–H and O–H groups in total. The molecule has 162 valence electrons. The van der Waals surface area contributed by atoms with Gasteiger partial charge in [0.15, 0.2) is 28.8 Å². The number of carbonyl (C=O) groups is 1. The molecule has 3 aromatic rings. The molecule has 31 heavy (non-hydrogen) atoms. The molecule has 1 aromatic heterocycles. The topological polar surface area (TPSA) is 91.9 Å². The summed E-state index contributed by atoms with van der Waals surface area (Å²) in [5.41, 5.74) is 2.59. The first-order valence-electron chi connectivity index (χ1n) is 9.34. The fraction of sp³-hybridized carbons (Fsp3) is 0.217. The maximum Gasteiger partial charge on any atom is 0.203 e. The number of hydrogen-bond donors (Lipinski definition) is 1. The second-order valence-electron chi connectivity index (χ2n) is 6.39. The maximum atomic E-state index is 12.5. The lowest BCUT2D eigenvalue weighted by Crippen LogP contribution is -1.97. The Labute approximate surface area is 180 Å². The highest BCUT2D eigenvalue weighted by Gasteiger charge is 2.15. The lowest BCUT2D eigenvalue weighted by atomic mass is 10.1. The van der Waals surface area contributed by atoms with Crippen LogP contribution < -0.4 is 23.7 Å². The summed E-state index contributed by atoms with van der Waals surface area (Å²) in [4.78, 5) is 12.5. The maximum absolute atomic E-state index is 12.5. The monoisotopic (exact) mass is 424 g/mol. The Morgan fingerprint density at radius 1 is 0.806 bits per heavy atom. The van der Waals surface area contributed by atoms with Gasteiger partial charge in [0.05, 0.1) is 46.9 Å². The highest BCUT2D eigenvalue weighted by Crippen LogP contribution is 2.40. The average Bonchev–Trinajstić information content (AvgIpc) is 3.30. The van der Waals surface area contributed by atoms with E-state index in [1.54, 1.807) is 64.8 Å². The lowest BCUT2D eigenvalue weighted by Gasteiger charge is -2.13. The standard InChI is InChI=1S/C23H24N2O6/c1-27-19-9-6-14(10-20(19)28-2)18(26)8-7-16-13-17(25-24-16)15-11-21(29-3)23(31-5)22(12-15)30-4/h6-13H,1-5H3,(H,24,25)/b8-7+. The van der Waals surface area contributed by atoms with Gasteiger partial charge in [-0.2, -0.15) is 5.10 Å². The predicted molar refractivity (Wildman–Crippen MR) is 117 cm³/mol. The summed E-state index contributed by atoms with van der Waals surface area (Å²) in [6.45, 7) is 0. The van der Waals surface area contributed by atoms with Crippen LogP contribution in [0.15, 0.2) is 42.5 Å². The van der Waals surface area contributed by atoms with E-state index < -0.39 is 0 Å². The van der Waals surface area contributed by atoms with Crippen LogP contribution in [0.25, 0.3) is 17.3 Å². The Morgan fingerprint density at radius 2 is 1.45 bits per heavy atom. The number of benzene rings is 2.